The molecule has 0 radical (unpaired) electrons. The summed E-state index contributed by atoms with van der Waals surface area (Å²) in [5.41, 5.74) is 5.49. The Morgan fingerprint density at radius 3 is 2.86 bits per heavy atom. The number of carbonyl (C=O) groups is 1. The fourth-order valence-corrected chi connectivity index (χ4v) is 2.56. The lowest BCUT2D eigenvalue weighted by Crippen LogP contribution is -2.28. The summed E-state index contributed by atoms with van der Waals surface area (Å²) in [6.45, 7) is 2.56. The van der Waals surface area contributed by atoms with Gasteiger partial charge in [-0.1, -0.05) is 29.8 Å². The highest BCUT2D eigenvalue weighted by molar-refractivity contribution is 5.89. The summed E-state index contributed by atoms with van der Waals surface area (Å²) in [6.07, 6.45) is 5.00. The van der Waals surface area contributed by atoms with E-state index in [1.807, 2.05) is 37.3 Å². The third-order valence-electron chi connectivity index (χ3n) is 3.75. The Kier molecular flexibility index (Phi) is 3.86. The van der Waals surface area contributed by atoms with Crippen molar-refractivity contribution in [3.05, 3.63) is 58.9 Å². The van der Waals surface area contributed by atoms with E-state index in [0.717, 1.165) is 30.5 Å². The fourth-order valence-electron chi connectivity index (χ4n) is 2.56. The molecule has 3 rings (SSSR count). The Hall–Kier alpha value is -2.36. The van der Waals surface area contributed by atoms with E-state index in [2.05, 4.69) is 15.6 Å². The number of hydrogen-bond acceptors (Lipinski definition) is 2. The van der Waals surface area contributed by atoms with Crippen molar-refractivity contribution in [2.45, 2.75) is 32.7 Å². The van der Waals surface area contributed by atoms with Crippen molar-refractivity contribution in [2.75, 3.05) is 5.32 Å². The molecule has 0 unspecified atom stereocenters. The standard InChI is InChI=1S/C17H19N3O/c1-12-5-7-13(8-6-12)10-19-17(21)20-15-9-14-3-2-4-16(14)18-11-15/h5-9,11H,2-4,10H2,1H3,(H2,19,20,21). The number of amides is 2. The molecule has 2 amide bonds. The Bertz CT molecular complexity index is 650. The number of urea groups is 1. The third-order valence-corrected chi connectivity index (χ3v) is 3.75. The molecule has 4 nitrogen and oxygen atoms in total. The van der Waals surface area contributed by atoms with Gasteiger partial charge in [-0.25, -0.2) is 4.79 Å². The van der Waals surface area contributed by atoms with Crippen molar-refractivity contribution in [1.29, 1.82) is 0 Å². The molecule has 1 aromatic carbocycles. The SMILES string of the molecule is Cc1ccc(CNC(=O)Nc2cnc3c(c2)CCC3)cc1. The predicted octanol–water partition coefficient (Wildman–Crippen LogP) is 3.20. The topological polar surface area (TPSA) is 54.0 Å². The summed E-state index contributed by atoms with van der Waals surface area (Å²) in [6, 6.07) is 9.95. The van der Waals surface area contributed by atoms with E-state index in [-0.39, 0.29) is 6.03 Å². The van der Waals surface area contributed by atoms with Gasteiger partial charge >= 0.3 is 6.03 Å². The second-order valence-corrected chi connectivity index (χ2v) is 5.48. The van der Waals surface area contributed by atoms with Crippen LogP contribution in [0.5, 0.6) is 0 Å². The first-order valence-electron chi connectivity index (χ1n) is 7.29. The van der Waals surface area contributed by atoms with Crippen molar-refractivity contribution >= 4 is 11.7 Å². The second kappa shape index (κ2) is 5.95. The summed E-state index contributed by atoms with van der Waals surface area (Å²) < 4.78 is 0. The van der Waals surface area contributed by atoms with Gasteiger partial charge in [-0.05, 0) is 43.4 Å². The van der Waals surface area contributed by atoms with Gasteiger partial charge in [0.2, 0.25) is 0 Å². The van der Waals surface area contributed by atoms with Gasteiger partial charge in [0.1, 0.15) is 0 Å². The van der Waals surface area contributed by atoms with Crippen molar-refractivity contribution in [2.24, 2.45) is 0 Å². The van der Waals surface area contributed by atoms with Crippen molar-refractivity contribution < 1.29 is 4.79 Å². The molecule has 1 aliphatic rings. The Morgan fingerprint density at radius 1 is 1.24 bits per heavy atom. The Morgan fingerprint density at radius 2 is 2.05 bits per heavy atom. The molecule has 0 fully saturated rings. The molecule has 1 aromatic heterocycles. The summed E-state index contributed by atoms with van der Waals surface area (Å²) in [7, 11) is 0. The average molecular weight is 281 g/mol. The van der Waals surface area contributed by atoms with E-state index in [1.54, 1.807) is 6.20 Å². The third kappa shape index (κ3) is 3.40. The maximum absolute atomic E-state index is 11.9. The van der Waals surface area contributed by atoms with Gasteiger partial charge in [0, 0.05) is 12.2 Å². The van der Waals surface area contributed by atoms with Crippen molar-refractivity contribution in [3.8, 4) is 0 Å². The summed E-state index contributed by atoms with van der Waals surface area (Å²) >= 11 is 0. The normalized spacial score (nSPS) is 12.8. The molecule has 0 bridgehead atoms. The van der Waals surface area contributed by atoms with E-state index in [9.17, 15) is 4.79 Å². The number of pyridine rings is 1. The fraction of sp³-hybridized carbons (Fsp3) is 0.294. The first-order chi connectivity index (χ1) is 10.2. The zero-order valence-electron chi connectivity index (χ0n) is 12.1. The second-order valence-electron chi connectivity index (χ2n) is 5.48. The number of carbonyl (C=O) groups excluding carboxylic acids is 1. The minimum atomic E-state index is -0.199. The van der Waals surface area contributed by atoms with Crippen LogP contribution in [0.4, 0.5) is 10.5 Å². The first-order valence-corrected chi connectivity index (χ1v) is 7.29. The molecule has 108 valence electrons. The number of fused-ring (bicyclic) bond motifs is 1. The summed E-state index contributed by atoms with van der Waals surface area (Å²) in [5.74, 6) is 0. The minimum Gasteiger partial charge on any atom is -0.334 e. The summed E-state index contributed by atoms with van der Waals surface area (Å²) in [4.78, 5) is 16.3. The van der Waals surface area contributed by atoms with Gasteiger partial charge in [0.25, 0.3) is 0 Å². The van der Waals surface area contributed by atoms with E-state index < -0.39 is 0 Å². The van der Waals surface area contributed by atoms with E-state index >= 15 is 0 Å². The smallest absolute Gasteiger partial charge is 0.319 e. The van der Waals surface area contributed by atoms with Crippen LogP contribution in [0.3, 0.4) is 0 Å². The first kappa shape index (κ1) is 13.6. The quantitative estimate of drug-likeness (QED) is 0.907. The maximum Gasteiger partial charge on any atom is 0.319 e. The van der Waals surface area contributed by atoms with Gasteiger partial charge in [0.15, 0.2) is 0 Å². The van der Waals surface area contributed by atoms with E-state index in [1.165, 1.54) is 16.8 Å². The number of hydrogen-bond donors (Lipinski definition) is 2. The van der Waals surface area contributed by atoms with Crippen LogP contribution < -0.4 is 10.6 Å². The lowest BCUT2D eigenvalue weighted by atomic mass is 10.1. The molecule has 0 saturated heterocycles. The summed E-state index contributed by atoms with van der Waals surface area (Å²) in [5, 5.41) is 5.70. The molecule has 4 heteroatoms. The van der Waals surface area contributed by atoms with Gasteiger partial charge in [-0.3, -0.25) is 4.98 Å². The number of nitrogens with one attached hydrogen (secondary N) is 2. The van der Waals surface area contributed by atoms with Crippen LogP contribution in [0, 0.1) is 6.92 Å². The molecule has 2 aromatic rings. The van der Waals surface area contributed by atoms with Crippen LogP contribution in [0.15, 0.2) is 36.5 Å². The van der Waals surface area contributed by atoms with Gasteiger partial charge in [-0.2, -0.15) is 0 Å². The predicted molar refractivity (Wildman–Crippen MR) is 83.3 cm³/mol. The molecule has 2 N–H and O–H groups in total. The number of aryl methyl sites for hydroxylation is 3. The molecule has 1 aliphatic carbocycles. The Balaban J connectivity index is 1.55. The maximum atomic E-state index is 11.9. The van der Waals surface area contributed by atoms with Crippen LogP contribution in [-0.4, -0.2) is 11.0 Å². The Labute approximate surface area is 124 Å². The van der Waals surface area contributed by atoms with E-state index in [0.29, 0.717) is 6.54 Å². The number of rotatable bonds is 3. The van der Waals surface area contributed by atoms with Crippen LogP contribution in [-0.2, 0) is 19.4 Å². The lowest BCUT2D eigenvalue weighted by molar-refractivity contribution is 0.251. The molecular weight excluding hydrogens is 262 g/mol. The number of aromatic nitrogens is 1. The molecular formula is C17H19N3O. The zero-order chi connectivity index (χ0) is 14.7. The average Bonchev–Trinajstić information content (AvgIpc) is 2.94. The monoisotopic (exact) mass is 281 g/mol. The highest BCUT2D eigenvalue weighted by atomic mass is 16.2. The molecule has 0 saturated carbocycles. The van der Waals surface area contributed by atoms with Crippen LogP contribution in [0.25, 0.3) is 0 Å². The highest BCUT2D eigenvalue weighted by Gasteiger charge is 2.13. The molecule has 21 heavy (non-hydrogen) atoms. The number of benzene rings is 1. The largest absolute Gasteiger partial charge is 0.334 e. The zero-order valence-corrected chi connectivity index (χ0v) is 12.1. The van der Waals surface area contributed by atoms with Gasteiger partial charge in [-0.15, -0.1) is 0 Å². The van der Waals surface area contributed by atoms with E-state index in [4.69, 9.17) is 0 Å². The molecule has 1 heterocycles. The van der Waals surface area contributed by atoms with Crippen molar-refractivity contribution in [3.63, 3.8) is 0 Å². The number of anilines is 1. The van der Waals surface area contributed by atoms with Crippen LogP contribution in [0.2, 0.25) is 0 Å². The molecule has 0 spiro atoms. The number of nitrogens with zero attached hydrogens (tertiary/aromatic N) is 1. The molecule has 0 aliphatic heterocycles. The van der Waals surface area contributed by atoms with Gasteiger partial charge < -0.3 is 10.6 Å². The molecule has 0 atom stereocenters. The van der Waals surface area contributed by atoms with Crippen molar-refractivity contribution in [1.82, 2.24) is 10.3 Å². The van der Waals surface area contributed by atoms with Crippen LogP contribution in [0.1, 0.15) is 28.8 Å². The van der Waals surface area contributed by atoms with Crippen LogP contribution >= 0.6 is 0 Å². The highest BCUT2D eigenvalue weighted by Crippen LogP contribution is 2.22. The van der Waals surface area contributed by atoms with Gasteiger partial charge in [0.05, 0.1) is 11.9 Å². The minimum absolute atomic E-state index is 0.199. The lowest BCUT2D eigenvalue weighted by Gasteiger charge is -2.09.